The van der Waals surface area contributed by atoms with Crippen LogP contribution in [0.15, 0.2) is 49.1 Å². The van der Waals surface area contributed by atoms with Gasteiger partial charge in [0, 0.05) is 42.0 Å². The molecule has 0 saturated heterocycles. The third kappa shape index (κ3) is 4.75. The summed E-state index contributed by atoms with van der Waals surface area (Å²) in [5, 5.41) is 0. The molecule has 1 fully saturated rings. The van der Waals surface area contributed by atoms with E-state index in [4.69, 9.17) is 4.74 Å². The van der Waals surface area contributed by atoms with Gasteiger partial charge >= 0.3 is 6.18 Å². The monoisotopic (exact) mass is 402 g/mol. The van der Waals surface area contributed by atoms with Gasteiger partial charge < -0.3 is 9.72 Å². The zero-order chi connectivity index (χ0) is 20.3. The number of H-pyrrole nitrogens is 1. The lowest BCUT2D eigenvalue weighted by atomic mass is 9.80. The molecule has 3 aromatic heterocycles. The number of nitrogens with zero attached hydrogens (tertiary/aromatic N) is 3. The number of imidazole rings is 1. The van der Waals surface area contributed by atoms with Gasteiger partial charge in [-0.1, -0.05) is 0 Å². The van der Waals surface area contributed by atoms with Gasteiger partial charge in [-0.3, -0.25) is 9.97 Å². The lowest BCUT2D eigenvalue weighted by molar-refractivity contribution is -0.140. The summed E-state index contributed by atoms with van der Waals surface area (Å²) in [6.07, 6.45) is 5.61. The smallest absolute Gasteiger partial charge is 0.434 e. The summed E-state index contributed by atoms with van der Waals surface area (Å²) in [6, 6.07) is 7.38. The highest BCUT2D eigenvalue weighted by atomic mass is 19.4. The van der Waals surface area contributed by atoms with Crippen molar-refractivity contribution < 1.29 is 17.9 Å². The van der Waals surface area contributed by atoms with Crippen LogP contribution in [-0.2, 0) is 6.18 Å². The van der Waals surface area contributed by atoms with Gasteiger partial charge in [0.1, 0.15) is 11.6 Å². The van der Waals surface area contributed by atoms with Crippen LogP contribution in [-0.4, -0.2) is 26.5 Å². The summed E-state index contributed by atoms with van der Waals surface area (Å²) in [5.74, 6) is 1.89. The maximum Gasteiger partial charge on any atom is 0.434 e. The number of nitrogens with one attached hydrogen (secondary N) is 1. The zero-order valence-electron chi connectivity index (χ0n) is 15.7. The van der Waals surface area contributed by atoms with E-state index in [0.717, 1.165) is 43.3 Å². The second-order valence-electron chi connectivity index (χ2n) is 7.32. The Morgan fingerprint density at radius 1 is 1.03 bits per heavy atom. The van der Waals surface area contributed by atoms with Crippen molar-refractivity contribution in [2.75, 3.05) is 6.61 Å². The van der Waals surface area contributed by atoms with Crippen LogP contribution in [0.2, 0.25) is 0 Å². The van der Waals surface area contributed by atoms with Gasteiger partial charge in [0.05, 0.1) is 6.61 Å². The molecule has 0 aliphatic heterocycles. The van der Waals surface area contributed by atoms with Gasteiger partial charge in [-0.05, 0) is 55.9 Å². The third-order valence-corrected chi connectivity index (χ3v) is 5.33. The van der Waals surface area contributed by atoms with E-state index in [1.807, 2.05) is 18.2 Å². The van der Waals surface area contributed by atoms with E-state index >= 15 is 0 Å². The van der Waals surface area contributed by atoms with E-state index in [1.54, 1.807) is 24.7 Å². The molecule has 0 radical (unpaired) electrons. The van der Waals surface area contributed by atoms with Crippen LogP contribution >= 0.6 is 0 Å². The SMILES string of the molecule is FC(F)(F)c1c[nH]c(-c2ccc([C@H]3CC[C@H](COc4ccncc4)CC3)nc2)n1. The van der Waals surface area contributed by atoms with Crippen molar-refractivity contribution in [3.05, 3.63) is 60.4 Å². The molecule has 4 rings (SSSR count). The van der Waals surface area contributed by atoms with Crippen LogP contribution < -0.4 is 4.74 Å². The molecule has 5 nitrogen and oxygen atoms in total. The first-order chi connectivity index (χ1) is 14.0. The van der Waals surface area contributed by atoms with Gasteiger partial charge in [-0.25, -0.2) is 4.98 Å². The largest absolute Gasteiger partial charge is 0.493 e. The van der Waals surface area contributed by atoms with Gasteiger partial charge in [0.15, 0.2) is 5.69 Å². The molecular formula is C21H21F3N4O. The maximum absolute atomic E-state index is 12.7. The van der Waals surface area contributed by atoms with Crippen molar-refractivity contribution in [2.24, 2.45) is 5.92 Å². The minimum Gasteiger partial charge on any atom is -0.493 e. The van der Waals surface area contributed by atoms with E-state index < -0.39 is 11.9 Å². The van der Waals surface area contributed by atoms with Crippen LogP contribution in [0.3, 0.4) is 0 Å². The highest BCUT2D eigenvalue weighted by Crippen LogP contribution is 2.36. The Morgan fingerprint density at radius 3 is 2.41 bits per heavy atom. The van der Waals surface area contributed by atoms with Crippen molar-refractivity contribution in [1.82, 2.24) is 19.9 Å². The first-order valence-electron chi connectivity index (χ1n) is 9.61. The molecule has 0 unspecified atom stereocenters. The van der Waals surface area contributed by atoms with Crippen LogP contribution in [0.25, 0.3) is 11.4 Å². The summed E-state index contributed by atoms with van der Waals surface area (Å²) in [7, 11) is 0. The molecule has 0 bridgehead atoms. The normalized spacial score (nSPS) is 19.8. The third-order valence-electron chi connectivity index (χ3n) is 5.33. The number of hydrogen-bond acceptors (Lipinski definition) is 4. The van der Waals surface area contributed by atoms with E-state index in [9.17, 15) is 13.2 Å². The first-order valence-corrected chi connectivity index (χ1v) is 9.61. The molecule has 3 aromatic rings. The lowest BCUT2D eigenvalue weighted by Crippen LogP contribution is -2.19. The molecule has 0 amide bonds. The quantitative estimate of drug-likeness (QED) is 0.634. The average molecular weight is 402 g/mol. The maximum atomic E-state index is 12.7. The predicted octanol–water partition coefficient (Wildman–Crippen LogP) is 5.24. The van der Waals surface area contributed by atoms with Crippen LogP contribution in [0.5, 0.6) is 5.75 Å². The molecule has 8 heteroatoms. The van der Waals surface area contributed by atoms with E-state index in [2.05, 4.69) is 19.9 Å². The molecule has 29 heavy (non-hydrogen) atoms. The molecule has 0 spiro atoms. The summed E-state index contributed by atoms with van der Waals surface area (Å²) in [6.45, 7) is 0.698. The summed E-state index contributed by atoms with van der Waals surface area (Å²) in [4.78, 5) is 14.7. The van der Waals surface area contributed by atoms with Crippen LogP contribution in [0.1, 0.15) is 43.0 Å². The number of pyridine rings is 2. The zero-order valence-corrected chi connectivity index (χ0v) is 15.7. The van der Waals surface area contributed by atoms with Crippen molar-refractivity contribution in [3.63, 3.8) is 0 Å². The Morgan fingerprint density at radius 2 is 1.79 bits per heavy atom. The highest BCUT2D eigenvalue weighted by Gasteiger charge is 2.33. The number of alkyl halides is 3. The Bertz CT molecular complexity index is 917. The summed E-state index contributed by atoms with van der Waals surface area (Å²) in [5.41, 5.74) is 0.595. The Labute approximate surface area is 166 Å². The number of aromatic amines is 1. The molecule has 1 aliphatic rings. The first kappa shape index (κ1) is 19.4. The molecule has 0 aromatic carbocycles. The van der Waals surface area contributed by atoms with Gasteiger partial charge in [0.25, 0.3) is 0 Å². The minimum absolute atomic E-state index is 0.174. The second kappa shape index (κ2) is 8.23. The molecule has 1 saturated carbocycles. The fourth-order valence-corrected chi connectivity index (χ4v) is 3.68. The highest BCUT2D eigenvalue weighted by molar-refractivity contribution is 5.54. The number of hydrogen-bond donors (Lipinski definition) is 1. The number of ether oxygens (including phenoxy) is 1. The molecule has 0 atom stereocenters. The van der Waals surface area contributed by atoms with Crippen molar-refractivity contribution in [2.45, 2.75) is 37.8 Å². The van der Waals surface area contributed by atoms with Gasteiger partial charge in [-0.15, -0.1) is 0 Å². The second-order valence-corrected chi connectivity index (χ2v) is 7.32. The van der Waals surface area contributed by atoms with E-state index in [-0.39, 0.29) is 5.82 Å². The van der Waals surface area contributed by atoms with Crippen LogP contribution in [0.4, 0.5) is 13.2 Å². The van der Waals surface area contributed by atoms with Gasteiger partial charge in [-0.2, -0.15) is 13.2 Å². The lowest BCUT2D eigenvalue weighted by Gasteiger charge is -2.28. The predicted molar refractivity (Wildman–Crippen MR) is 101 cm³/mol. The van der Waals surface area contributed by atoms with Crippen LogP contribution in [0, 0.1) is 5.92 Å². The molecule has 3 heterocycles. The Balaban J connectivity index is 1.31. The number of rotatable bonds is 5. The fourth-order valence-electron chi connectivity index (χ4n) is 3.68. The molecule has 152 valence electrons. The molecule has 1 N–H and O–H groups in total. The summed E-state index contributed by atoms with van der Waals surface area (Å²) < 4.78 is 43.9. The number of halogens is 3. The van der Waals surface area contributed by atoms with Crippen molar-refractivity contribution in [1.29, 1.82) is 0 Å². The van der Waals surface area contributed by atoms with E-state index in [1.165, 1.54) is 0 Å². The van der Waals surface area contributed by atoms with Crippen molar-refractivity contribution >= 4 is 0 Å². The number of aromatic nitrogens is 4. The summed E-state index contributed by atoms with van der Waals surface area (Å²) >= 11 is 0. The minimum atomic E-state index is -4.46. The Kier molecular flexibility index (Phi) is 5.51. The topological polar surface area (TPSA) is 63.7 Å². The fraction of sp³-hybridized carbons (Fsp3) is 0.381. The van der Waals surface area contributed by atoms with Gasteiger partial charge in [0.2, 0.25) is 0 Å². The molecule has 1 aliphatic carbocycles. The Hall–Kier alpha value is -2.90. The standard InChI is InChI=1S/C21H21F3N4O/c22-21(23,24)19-12-27-20(28-19)16-5-6-18(26-11-16)15-3-1-14(2-4-15)13-29-17-7-9-25-10-8-17/h5-12,14-15H,1-4,13H2,(H,27,28)/t14-,15-. The van der Waals surface area contributed by atoms with E-state index in [0.29, 0.717) is 24.0 Å². The molecular weight excluding hydrogens is 381 g/mol. The van der Waals surface area contributed by atoms with Crippen molar-refractivity contribution in [3.8, 4) is 17.1 Å². The average Bonchev–Trinajstić information content (AvgIpc) is 3.25.